The molecule has 7 N–H and O–H groups in total. The summed E-state index contributed by atoms with van der Waals surface area (Å²) in [5, 5.41) is 55.6. The number of carbonyl (C=O) groups is 6. The Labute approximate surface area is 205 Å². The number of rotatable bonds is 9. The second-order valence-electron chi connectivity index (χ2n) is 5.61. The van der Waals surface area contributed by atoms with Gasteiger partial charge in [-0.15, -0.1) is 0 Å². The standard InChI is InChI=1S/C6H12O4.5C3H6O2/c1-2-6(9)10-4-5(8)3-7;5*1-2-3(4)5/h5,7-8H,2-4H2,1H3;5*2H2,1H3,(H,4,5). The fraction of sp³-hybridized carbons (Fsp3) is 0.714. The minimum Gasteiger partial charge on any atom is -0.481 e. The summed E-state index contributed by atoms with van der Waals surface area (Å²) in [7, 11) is 0. The molecule has 0 aliphatic rings. The predicted molar refractivity (Wildman–Crippen MR) is 124 cm³/mol. The highest BCUT2D eigenvalue weighted by Gasteiger charge is 2.04. The SMILES string of the molecule is CCC(=O)O.CCC(=O)O.CCC(=O)O.CCC(=O)O.CCC(=O)O.CCC(=O)OCC(O)CO. The molecule has 14 nitrogen and oxygen atoms in total. The van der Waals surface area contributed by atoms with Crippen molar-refractivity contribution in [2.24, 2.45) is 0 Å². The number of esters is 1. The van der Waals surface area contributed by atoms with Crippen LogP contribution in [0.2, 0.25) is 0 Å². The van der Waals surface area contributed by atoms with Gasteiger partial charge in [-0.2, -0.15) is 0 Å². The lowest BCUT2D eigenvalue weighted by Gasteiger charge is -2.06. The minimum atomic E-state index is -0.949. The van der Waals surface area contributed by atoms with Crippen molar-refractivity contribution in [3.05, 3.63) is 0 Å². The van der Waals surface area contributed by atoms with Crippen LogP contribution in [0, 0.1) is 0 Å². The molecule has 0 heterocycles. The summed E-state index contributed by atoms with van der Waals surface area (Å²) in [6, 6.07) is 0. The van der Waals surface area contributed by atoms with Crippen molar-refractivity contribution in [2.75, 3.05) is 13.2 Å². The predicted octanol–water partition coefficient (Wildman–Crippen LogP) is 1.70. The zero-order valence-electron chi connectivity index (χ0n) is 21.2. The summed E-state index contributed by atoms with van der Waals surface area (Å²) in [6.45, 7) is 9.16. The molecule has 0 radical (unpaired) electrons. The maximum atomic E-state index is 10.4. The topological polar surface area (TPSA) is 253 Å². The van der Waals surface area contributed by atoms with Crippen LogP contribution >= 0.6 is 0 Å². The molecule has 14 heteroatoms. The van der Waals surface area contributed by atoms with Crippen LogP contribution in [0.15, 0.2) is 0 Å². The molecular formula is C21H42O14. The van der Waals surface area contributed by atoms with E-state index in [1.54, 1.807) is 41.5 Å². The summed E-state index contributed by atoms with van der Waals surface area (Å²) in [5.41, 5.74) is 0. The third-order valence-electron chi connectivity index (χ3n) is 2.45. The maximum absolute atomic E-state index is 10.4. The molecule has 0 aromatic heterocycles. The molecule has 35 heavy (non-hydrogen) atoms. The number of aliphatic hydroxyl groups is 2. The average molecular weight is 519 g/mol. The third-order valence-corrected chi connectivity index (χ3v) is 2.45. The summed E-state index contributed by atoms with van der Waals surface area (Å²) >= 11 is 0. The van der Waals surface area contributed by atoms with E-state index in [4.69, 9.17) is 35.7 Å². The molecule has 1 atom stereocenters. The van der Waals surface area contributed by atoms with Gasteiger partial charge in [0.05, 0.1) is 6.61 Å². The molecule has 1 unspecified atom stereocenters. The molecule has 0 aromatic rings. The molecule has 210 valence electrons. The van der Waals surface area contributed by atoms with E-state index >= 15 is 0 Å². The van der Waals surface area contributed by atoms with Gasteiger partial charge in [-0.3, -0.25) is 28.8 Å². The maximum Gasteiger partial charge on any atom is 0.305 e. The summed E-state index contributed by atoms with van der Waals surface area (Å²) < 4.78 is 4.49. The van der Waals surface area contributed by atoms with Crippen LogP contribution in [0.3, 0.4) is 0 Å². The van der Waals surface area contributed by atoms with Gasteiger partial charge in [-0.25, -0.2) is 0 Å². The molecule has 0 amide bonds. The molecule has 0 bridgehead atoms. The van der Waals surface area contributed by atoms with Gasteiger partial charge in [0.2, 0.25) is 0 Å². The highest BCUT2D eigenvalue weighted by molar-refractivity contribution is 5.69. The Balaban J connectivity index is -0.0000000744. The van der Waals surface area contributed by atoms with E-state index in [-0.39, 0.29) is 57.7 Å². The molecule has 0 aliphatic carbocycles. The van der Waals surface area contributed by atoms with Gasteiger partial charge in [-0.05, 0) is 0 Å². The zero-order chi connectivity index (χ0) is 29.4. The first-order valence-electron chi connectivity index (χ1n) is 10.6. The fourth-order valence-corrected chi connectivity index (χ4v) is 0.344. The molecular weight excluding hydrogens is 476 g/mol. The number of hydrogen-bond acceptors (Lipinski definition) is 9. The van der Waals surface area contributed by atoms with Crippen LogP contribution in [0.5, 0.6) is 0 Å². The van der Waals surface area contributed by atoms with Gasteiger partial charge in [-0.1, -0.05) is 41.5 Å². The van der Waals surface area contributed by atoms with Gasteiger partial charge in [0, 0.05) is 38.5 Å². The van der Waals surface area contributed by atoms with Crippen LogP contribution in [0.25, 0.3) is 0 Å². The van der Waals surface area contributed by atoms with Crippen LogP contribution in [-0.2, 0) is 33.5 Å². The monoisotopic (exact) mass is 518 g/mol. The number of aliphatic carboxylic acids is 5. The van der Waals surface area contributed by atoms with E-state index in [2.05, 4.69) is 4.74 Å². The normalized spacial score (nSPS) is 8.91. The minimum absolute atomic E-state index is 0.122. The summed E-state index contributed by atoms with van der Waals surface area (Å²) in [4.78, 5) is 57.3. The van der Waals surface area contributed by atoms with E-state index in [0.29, 0.717) is 0 Å². The van der Waals surface area contributed by atoms with E-state index in [0.717, 1.165) is 0 Å². The van der Waals surface area contributed by atoms with Crippen LogP contribution < -0.4 is 0 Å². The number of hydrogen-bond donors (Lipinski definition) is 7. The van der Waals surface area contributed by atoms with Crippen LogP contribution in [-0.4, -0.2) is 90.9 Å². The molecule has 0 aromatic carbocycles. The van der Waals surface area contributed by atoms with Gasteiger partial charge < -0.3 is 40.5 Å². The first-order valence-corrected chi connectivity index (χ1v) is 10.6. The number of carboxylic acids is 5. The Kier molecular flexibility index (Phi) is 49.2. The Hall–Kier alpha value is -3.26. The Bertz CT molecular complexity index is 465. The second kappa shape index (κ2) is 38.0. The Morgan fingerprint density at radius 2 is 0.743 bits per heavy atom. The van der Waals surface area contributed by atoms with Gasteiger partial charge in [0.25, 0.3) is 0 Å². The average Bonchev–Trinajstić information content (AvgIpc) is 2.83. The first kappa shape index (κ1) is 45.3. The lowest BCUT2D eigenvalue weighted by molar-refractivity contribution is -0.147. The third kappa shape index (κ3) is 102. The number of carbonyl (C=O) groups excluding carboxylic acids is 1. The number of aliphatic hydroxyl groups excluding tert-OH is 2. The Morgan fingerprint density at radius 3 is 0.857 bits per heavy atom. The molecule has 0 spiro atoms. The van der Waals surface area contributed by atoms with Crippen LogP contribution in [0.1, 0.15) is 80.1 Å². The second-order valence-corrected chi connectivity index (χ2v) is 5.61. The quantitative estimate of drug-likeness (QED) is 0.214. The van der Waals surface area contributed by atoms with Gasteiger partial charge in [0.15, 0.2) is 0 Å². The van der Waals surface area contributed by atoms with Crippen molar-refractivity contribution >= 4 is 35.8 Å². The van der Waals surface area contributed by atoms with Crippen molar-refractivity contribution < 1.29 is 69.2 Å². The van der Waals surface area contributed by atoms with Crippen molar-refractivity contribution in [1.82, 2.24) is 0 Å². The lowest BCUT2D eigenvalue weighted by Crippen LogP contribution is -2.21. The van der Waals surface area contributed by atoms with Gasteiger partial charge in [0.1, 0.15) is 12.7 Å². The van der Waals surface area contributed by atoms with Crippen molar-refractivity contribution in [3.8, 4) is 0 Å². The highest BCUT2D eigenvalue weighted by atomic mass is 16.5. The van der Waals surface area contributed by atoms with Crippen LogP contribution in [0.4, 0.5) is 0 Å². The van der Waals surface area contributed by atoms with E-state index in [9.17, 15) is 28.8 Å². The van der Waals surface area contributed by atoms with E-state index < -0.39 is 36.0 Å². The summed E-state index contributed by atoms with van der Waals surface area (Å²) in [5.74, 6) is -4.09. The number of ether oxygens (including phenoxy) is 1. The van der Waals surface area contributed by atoms with Crippen molar-refractivity contribution in [2.45, 2.75) is 86.2 Å². The van der Waals surface area contributed by atoms with Crippen molar-refractivity contribution in [1.29, 1.82) is 0 Å². The number of carboxylic acid groups (broad SMARTS) is 5. The highest BCUT2D eigenvalue weighted by Crippen LogP contribution is 1.87. The molecule has 0 rings (SSSR count). The first-order chi connectivity index (χ1) is 16.1. The smallest absolute Gasteiger partial charge is 0.305 e. The molecule has 0 saturated carbocycles. The zero-order valence-corrected chi connectivity index (χ0v) is 21.2. The van der Waals surface area contributed by atoms with E-state index in [1.165, 1.54) is 0 Å². The summed E-state index contributed by atoms with van der Waals surface area (Å²) in [6.07, 6.45) is 0.452. The largest absolute Gasteiger partial charge is 0.481 e. The Morgan fingerprint density at radius 1 is 0.543 bits per heavy atom. The van der Waals surface area contributed by atoms with Crippen molar-refractivity contribution in [3.63, 3.8) is 0 Å². The molecule has 0 fully saturated rings. The van der Waals surface area contributed by atoms with E-state index in [1.807, 2.05) is 0 Å². The van der Waals surface area contributed by atoms with Gasteiger partial charge >= 0.3 is 35.8 Å². The molecule has 0 aliphatic heterocycles. The molecule has 0 saturated heterocycles. The lowest BCUT2D eigenvalue weighted by atomic mass is 10.4. The fourth-order valence-electron chi connectivity index (χ4n) is 0.344.